The highest BCUT2D eigenvalue weighted by Gasteiger charge is 2.23. The molecule has 0 spiro atoms. The maximum Gasteiger partial charge on any atom is 0.408 e. The van der Waals surface area contributed by atoms with Crippen LogP contribution in [0.5, 0.6) is 0 Å². The summed E-state index contributed by atoms with van der Waals surface area (Å²) in [4.78, 5) is 22.5. The quantitative estimate of drug-likeness (QED) is 0.571. The summed E-state index contributed by atoms with van der Waals surface area (Å²) >= 11 is 0. The molecule has 8 nitrogen and oxygen atoms in total. The summed E-state index contributed by atoms with van der Waals surface area (Å²) in [6.07, 6.45) is -0.796. The first-order valence-corrected chi connectivity index (χ1v) is 6.63. The van der Waals surface area contributed by atoms with Crippen LogP contribution < -0.4 is 5.32 Å². The number of carbonyl (C=O) groups excluding carboxylic acids is 1. The normalized spacial score (nSPS) is 12.8. The Balaban J connectivity index is 3.93. The number of alkyl carbamates (subject to hydrolysis) is 1. The molecule has 1 amide bonds. The summed E-state index contributed by atoms with van der Waals surface area (Å²) in [5.74, 6) is -1.19. The Bertz CT molecular complexity index is 314. The van der Waals surface area contributed by atoms with Crippen LogP contribution >= 0.6 is 0 Å². The molecule has 21 heavy (non-hydrogen) atoms. The molecule has 0 saturated carbocycles. The van der Waals surface area contributed by atoms with E-state index in [9.17, 15) is 9.59 Å². The fraction of sp³-hybridized carbons (Fsp3) is 0.846. The lowest BCUT2D eigenvalue weighted by Crippen LogP contribution is -2.46. The molecular formula is C13H25NO7. The number of hydrogen-bond acceptors (Lipinski definition) is 6. The smallest absolute Gasteiger partial charge is 0.408 e. The van der Waals surface area contributed by atoms with E-state index in [4.69, 9.17) is 24.1 Å². The van der Waals surface area contributed by atoms with Crippen LogP contribution in [0.25, 0.3) is 0 Å². The van der Waals surface area contributed by atoms with Gasteiger partial charge < -0.3 is 29.4 Å². The highest BCUT2D eigenvalue weighted by molar-refractivity contribution is 5.80. The van der Waals surface area contributed by atoms with E-state index in [1.165, 1.54) is 0 Å². The van der Waals surface area contributed by atoms with Gasteiger partial charge in [-0.3, -0.25) is 0 Å². The Labute approximate surface area is 124 Å². The van der Waals surface area contributed by atoms with Crippen LogP contribution in [0.15, 0.2) is 0 Å². The zero-order chi connectivity index (χ0) is 16.3. The molecule has 0 rings (SSSR count). The van der Waals surface area contributed by atoms with Gasteiger partial charge in [0, 0.05) is 7.11 Å². The molecule has 0 aromatic carbocycles. The third kappa shape index (κ3) is 12.1. The number of carboxylic acids is 1. The Morgan fingerprint density at radius 1 is 1.10 bits per heavy atom. The third-order valence-corrected chi connectivity index (χ3v) is 2.08. The Morgan fingerprint density at radius 2 is 1.67 bits per heavy atom. The molecule has 0 aliphatic heterocycles. The molecule has 0 bridgehead atoms. The summed E-state index contributed by atoms with van der Waals surface area (Å²) < 4.78 is 20.1. The minimum Gasteiger partial charge on any atom is -0.480 e. The number of methoxy groups -OCH3 is 1. The van der Waals surface area contributed by atoms with Crippen molar-refractivity contribution in [3.8, 4) is 0 Å². The third-order valence-electron chi connectivity index (χ3n) is 2.08. The fourth-order valence-electron chi connectivity index (χ4n) is 1.19. The summed E-state index contributed by atoms with van der Waals surface area (Å²) in [6.45, 7) is 6.38. The van der Waals surface area contributed by atoms with Gasteiger partial charge in [-0.05, 0) is 20.8 Å². The van der Waals surface area contributed by atoms with Crippen LogP contribution in [0.2, 0.25) is 0 Å². The van der Waals surface area contributed by atoms with Gasteiger partial charge in [-0.25, -0.2) is 9.59 Å². The maximum absolute atomic E-state index is 11.5. The van der Waals surface area contributed by atoms with E-state index >= 15 is 0 Å². The number of carbonyl (C=O) groups is 2. The van der Waals surface area contributed by atoms with Gasteiger partial charge in [-0.2, -0.15) is 0 Å². The molecule has 0 fully saturated rings. The van der Waals surface area contributed by atoms with Crippen LogP contribution in [-0.4, -0.2) is 69.0 Å². The first-order chi connectivity index (χ1) is 9.76. The van der Waals surface area contributed by atoms with Gasteiger partial charge in [0.1, 0.15) is 5.60 Å². The van der Waals surface area contributed by atoms with Crippen LogP contribution in [0.1, 0.15) is 20.8 Å². The molecule has 1 unspecified atom stereocenters. The van der Waals surface area contributed by atoms with Gasteiger partial charge in [0.05, 0.1) is 33.0 Å². The van der Waals surface area contributed by atoms with E-state index in [2.05, 4.69) is 5.32 Å². The lowest BCUT2D eigenvalue weighted by atomic mass is 10.2. The van der Waals surface area contributed by atoms with Gasteiger partial charge in [0.25, 0.3) is 0 Å². The van der Waals surface area contributed by atoms with Crippen molar-refractivity contribution in [3.63, 3.8) is 0 Å². The predicted octanol–water partition coefficient (Wildman–Crippen LogP) is 0.644. The topological polar surface area (TPSA) is 103 Å². The minimum absolute atomic E-state index is 0.164. The second-order valence-electron chi connectivity index (χ2n) is 5.22. The lowest BCUT2D eigenvalue weighted by molar-refractivity contribution is -0.141. The molecule has 0 saturated heterocycles. The number of nitrogens with one attached hydrogen (secondary N) is 1. The van der Waals surface area contributed by atoms with Crippen molar-refractivity contribution >= 4 is 12.1 Å². The van der Waals surface area contributed by atoms with Crippen LogP contribution in [0, 0.1) is 0 Å². The van der Waals surface area contributed by atoms with Crippen LogP contribution in [-0.2, 0) is 23.7 Å². The molecular weight excluding hydrogens is 282 g/mol. The summed E-state index contributed by atoms with van der Waals surface area (Å²) in [5, 5.41) is 11.2. The van der Waals surface area contributed by atoms with Crippen molar-refractivity contribution in [3.05, 3.63) is 0 Å². The summed E-state index contributed by atoms with van der Waals surface area (Å²) in [7, 11) is 1.57. The van der Waals surface area contributed by atoms with E-state index in [0.717, 1.165) is 0 Å². The molecule has 0 heterocycles. The van der Waals surface area contributed by atoms with Gasteiger partial charge in [-0.15, -0.1) is 0 Å². The van der Waals surface area contributed by atoms with E-state index in [-0.39, 0.29) is 13.2 Å². The largest absolute Gasteiger partial charge is 0.480 e. The van der Waals surface area contributed by atoms with E-state index in [1.807, 2.05) is 0 Å². The molecule has 0 aromatic rings. The lowest BCUT2D eigenvalue weighted by Gasteiger charge is -2.22. The molecule has 0 radical (unpaired) electrons. The number of rotatable bonds is 10. The van der Waals surface area contributed by atoms with Gasteiger partial charge in [0.2, 0.25) is 0 Å². The number of aliphatic carboxylic acids is 1. The Kier molecular flexibility index (Phi) is 9.68. The van der Waals surface area contributed by atoms with Crippen molar-refractivity contribution in [2.24, 2.45) is 0 Å². The zero-order valence-electron chi connectivity index (χ0n) is 13.0. The predicted molar refractivity (Wildman–Crippen MR) is 74.3 cm³/mol. The van der Waals surface area contributed by atoms with E-state index in [1.54, 1.807) is 27.9 Å². The molecule has 1 atom stereocenters. The Morgan fingerprint density at radius 3 is 2.19 bits per heavy atom. The minimum atomic E-state index is -1.19. The number of ether oxygens (including phenoxy) is 4. The average Bonchev–Trinajstić information content (AvgIpc) is 2.33. The molecule has 0 aliphatic carbocycles. The van der Waals surface area contributed by atoms with E-state index in [0.29, 0.717) is 19.8 Å². The van der Waals surface area contributed by atoms with Gasteiger partial charge >= 0.3 is 12.1 Å². The highest BCUT2D eigenvalue weighted by Crippen LogP contribution is 2.06. The van der Waals surface area contributed by atoms with Crippen LogP contribution in [0.4, 0.5) is 4.79 Å². The molecule has 124 valence electrons. The standard InChI is InChI=1S/C13H25NO7/c1-13(2,3)21-12(17)14-10(11(15)16)9-20-8-7-19-6-5-18-4/h10H,5-9H2,1-4H3,(H,14,17)(H,15,16). The SMILES string of the molecule is COCCOCCOCC(NC(=O)OC(C)(C)C)C(=O)O. The molecule has 2 N–H and O–H groups in total. The average molecular weight is 307 g/mol. The molecule has 8 heteroatoms. The number of amides is 1. The maximum atomic E-state index is 11.5. The van der Waals surface area contributed by atoms with Crippen molar-refractivity contribution in [2.45, 2.75) is 32.4 Å². The Hall–Kier alpha value is -1.38. The first kappa shape index (κ1) is 19.6. The van der Waals surface area contributed by atoms with Crippen molar-refractivity contribution in [1.29, 1.82) is 0 Å². The van der Waals surface area contributed by atoms with Crippen LogP contribution in [0.3, 0.4) is 0 Å². The van der Waals surface area contributed by atoms with E-state index < -0.39 is 23.7 Å². The highest BCUT2D eigenvalue weighted by atomic mass is 16.6. The summed E-state index contributed by atoms with van der Waals surface area (Å²) in [5.41, 5.74) is -0.691. The fourth-order valence-corrected chi connectivity index (χ4v) is 1.19. The molecule has 0 aliphatic rings. The van der Waals surface area contributed by atoms with Crippen molar-refractivity contribution < 1.29 is 33.6 Å². The second kappa shape index (κ2) is 10.4. The molecule has 0 aromatic heterocycles. The van der Waals surface area contributed by atoms with Crippen molar-refractivity contribution in [1.82, 2.24) is 5.32 Å². The number of hydrogen-bond donors (Lipinski definition) is 2. The van der Waals surface area contributed by atoms with Crippen molar-refractivity contribution in [2.75, 3.05) is 40.1 Å². The second-order valence-corrected chi connectivity index (χ2v) is 5.22. The van der Waals surface area contributed by atoms with Gasteiger partial charge in [0.15, 0.2) is 6.04 Å². The van der Waals surface area contributed by atoms with Gasteiger partial charge in [-0.1, -0.05) is 0 Å². The zero-order valence-corrected chi connectivity index (χ0v) is 13.0. The monoisotopic (exact) mass is 307 g/mol. The summed E-state index contributed by atoms with van der Waals surface area (Å²) in [6, 6.07) is -1.17. The first-order valence-electron chi connectivity index (χ1n) is 6.63. The number of carboxylic acid groups (broad SMARTS) is 1.